The van der Waals surface area contributed by atoms with Gasteiger partial charge in [-0.1, -0.05) is 45.8 Å². The summed E-state index contributed by atoms with van der Waals surface area (Å²) in [6.45, 7) is 17.9. The van der Waals surface area contributed by atoms with Crippen LogP contribution >= 0.6 is 0 Å². The Bertz CT molecular complexity index is 285. The van der Waals surface area contributed by atoms with Crippen molar-refractivity contribution in [1.82, 2.24) is 0 Å². The van der Waals surface area contributed by atoms with Crippen LogP contribution < -0.4 is 0 Å². The van der Waals surface area contributed by atoms with E-state index >= 15 is 0 Å². The van der Waals surface area contributed by atoms with Crippen molar-refractivity contribution >= 4 is 5.71 Å². The Kier molecular flexibility index (Phi) is 4.33. The van der Waals surface area contributed by atoms with E-state index in [0.29, 0.717) is 0 Å². The Balaban J connectivity index is 5.43. The number of allylic oxidation sites excluding steroid dienone is 2. The molecule has 0 N–H and O–H groups in total. The highest BCUT2D eigenvalue weighted by molar-refractivity contribution is 5.90. The van der Waals surface area contributed by atoms with E-state index in [2.05, 4.69) is 60.4 Å². The summed E-state index contributed by atoms with van der Waals surface area (Å²) in [5.41, 5.74) is 4.43. The Labute approximate surface area is 95.7 Å². The molecule has 0 aliphatic carbocycles. The van der Waals surface area contributed by atoms with Crippen LogP contribution in [0.2, 0.25) is 0 Å². The van der Waals surface area contributed by atoms with E-state index < -0.39 is 0 Å². The molecule has 88 valence electrons. The zero-order valence-electron chi connectivity index (χ0n) is 11.9. The summed E-state index contributed by atoms with van der Waals surface area (Å²) in [6.07, 6.45) is 0. The lowest BCUT2D eigenvalue weighted by atomic mass is 9.73. The van der Waals surface area contributed by atoms with Crippen LogP contribution in [0.15, 0.2) is 16.1 Å². The van der Waals surface area contributed by atoms with Gasteiger partial charge in [0.1, 0.15) is 0 Å². The monoisotopic (exact) mass is 209 g/mol. The Morgan fingerprint density at radius 2 is 1.20 bits per heavy atom. The van der Waals surface area contributed by atoms with E-state index in [1.54, 1.807) is 0 Å². The maximum absolute atomic E-state index is 4.33. The second kappa shape index (κ2) is 4.51. The van der Waals surface area contributed by atoms with Crippen LogP contribution in [0, 0.1) is 10.8 Å². The van der Waals surface area contributed by atoms with Crippen molar-refractivity contribution in [3.8, 4) is 0 Å². The summed E-state index contributed by atoms with van der Waals surface area (Å²) in [6, 6.07) is 0. The van der Waals surface area contributed by atoms with Crippen molar-refractivity contribution in [3.63, 3.8) is 0 Å². The molecule has 0 saturated carbocycles. The second-order valence-corrected chi connectivity index (χ2v) is 5.93. The molecule has 1 nitrogen and oxygen atoms in total. The number of nitrogens with zero attached hydrogens (tertiary/aromatic N) is 1. The van der Waals surface area contributed by atoms with Gasteiger partial charge in [-0.25, -0.2) is 0 Å². The molecule has 0 unspecified atom stereocenters. The van der Waals surface area contributed by atoms with Gasteiger partial charge < -0.3 is 0 Å². The fourth-order valence-electron chi connectivity index (χ4n) is 1.58. The van der Waals surface area contributed by atoms with Gasteiger partial charge in [0, 0.05) is 18.2 Å². The molecular weight excluding hydrogens is 182 g/mol. The predicted octanol–water partition coefficient (Wildman–Crippen LogP) is 4.49. The summed E-state index contributed by atoms with van der Waals surface area (Å²) in [5, 5.41) is 0. The fourth-order valence-corrected chi connectivity index (χ4v) is 1.58. The molecule has 0 aromatic carbocycles. The SMILES string of the molecule is CN=C(C)C(C)(C)C(C)=C(C)C(C)(C)C. The van der Waals surface area contributed by atoms with Gasteiger partial charge in [0.25, 0.3) is 0 Å². The molecule has 0 radical (unpaired) electrons. The van der Waals surface area contributed by atoms with E-state index in [4.69, 9.17) is 0 Å². The van der Waals surface area contributed by atoms with Gasteiger partial charge >= 0.3 is 0 Å². The average Bonchev–Trinajstić information content (AvgIpc) is 2.12. The van der Waals surface area contributed by atoms with Gasteiger partial charge in [-0.05, 0) is 26.2 Å². The molecule has 0 saturated heterocycles. The molecule has 0 amide bonds. The van der Waals surface area contributed by atoms with Gasteiger partial charge in [-0.15, -0.1) is 0 Å². The highest BCUT2D eigenvalue weighted by Crippen LogP contribution is 2.36. The Morgan fingerprint density at radius 3 is 1.47 bits per heavy atom. The van der Waals surface area contributed by atoms with Gasteiger partial charge in [0.15, 0.2) is 0 Å². The number of hydrogen-bond donors (Lipinski definition) is 0. The molecule has 0 aromatic heterocycles. The highest BCUT2D eigenvalue weighted by Gasteiger charge is 2.28. The lowest BCUT2D eigenvalue weighted by Crippen LogP contribution is -2.26. The van der Waals surface area contributed by atoms with Crippen molar-refractivity contribution in [3.05, 3.63) is 11.1 Å². The molecule has 0 spiro atoms. The van der Waals surface area contributed by atoms with Crippen LogP contribution in [0.5, 0.6) is 0 Å². The van der Waals surface area contributed by atoms with Gasteiger partial charge in [-0.2, -0.15) is 0 Å². The van der Waals surface area contributed by atoms with Crippen LogP contribution in [-0.2, 0) is 0 Å². The molecule has 0 aliphatic heterocycles. The summed E-state index contributed by atoms with van der Waals surface area (Å²) in [5.74, 6) is 0. The maximum atomic E-state index is 4.33. The quantitative estimate of drug-likeness (QED) is 0.469. The van der Waals surface area contributed by atoms with Crippen molar-refractivity contribution in [2.75, 3.05) is 7.05 Å². The molecule has 0 rings (SSSR count). The van der Waals surface area contributed by atoms with Crippen LogP contribution in [-0.4, -0.2) is 12.8 Å². The molecule has 0 aliphatic rings. The third kappa shape index (κ3) is 3.19. The molecule has 0 aromatic rings. The first-order chi connectivity index (χ1) is 6.55. The fraction of sp³-hybridized carbons (Fsp3) is 0.786. The first kappa shape index (κ1) is 14.4. The first-order valence-corrected chi connectivity index (χ1v) is 5.67. The normalized spacial score (nSPS) is 16.5. The van der Waals surface area contributed by atoms with Crippen LogP contribution in [0.25, 0.3) is 0 Å². The van der Waals surface area contributed by atoms with Gasteiger partial charge in [0.2, 0.25) is 0 Å². The average molecular weight is 209 g/mol. The van der Waals surface area contributed by atoms with Crippen LogP contribution in [0.4, 0.5) is 0 Å². The third-order valence-electron chi connectivity index (χ3n) is 3.86. The lowest BCUT2D eigenvalue weighted by Gasteiger charge is -2.32. The van der Waals surface area contributed by atoms with Crippen molar-refractivity contribution < 1.29 is 0 Å². The van der Waals surface area contributed by atoms with E-state index in [-0.39, 0.29) is 10.8 Å². The Morgan fingerprint density at radius 1 is 0.800 bits per heavy atom. The highest BCUT2D eigenvalue weighted by atomic mass is 14.7. The minimum atomic E-state index is 0.0755. The summed E-state index contributed by atoms with van der Waals surface area (Å²) in [4.78, 5) is 4.33. The summed E-state index contributed by atoms with van der Waals surface area (Å²) < 4.78 is 0. The first-order valence-electron chi connectivity index (χ1n) is 5.67. The molecule has 0 fully saturated rings. The maximum Gasteiger partial charge on any atom is 0.0276 e. The molecule has 0 bridgehead atoms. The molecular formula is C14H27N. The zero-order valence-corrected chi connectivity index (χ0v) is 11.9. The van der Waals surface area contributed by atoms with Gasteiger partial charge in [-0.3, -0.25) is 4.99 Å². The Hall–Kier alpha value is -0.590. The number of aliphatic imine (C=N–C) groups is 1. The predicted molar refractivity (Wildman–Crippen MR) is 70.6 cm³/mol. The minimum Gasteiger partial charge on any atom is -0.297 e. The molecule has 15 heavy (non-hydrogen) atoms. The topological polar surface area (TPSA) is 12.4 Å². The lowest BCUT2D eigenvalue weighted by molar-refractivity contribution is 0.477. The smallest absolute Gasteiger partial charge is 0.0276 e. The summed E-state index contributed by atoms with van der Waals surface area (Å²) in [7, 11) is 1.87. The zero-order chi connectivity index (χ0) is 12.4. The number of rotatable bonds is 2. The minimum absolute atomic E-state index is 0.0755. The van der Waals surface area contributed by atoms with Crippen LogP contribution in [0.1, 0.15) is 55.4 Å². The van der Waals surface area contributed by atoms with Crippen molar-refractivity contribution in [2.45, 2.75) is 55.4 Å². The third-order valence-corrected chi connectivity index (χ3v) is 3.86. The van der Waals surface area contributed by atoms with Crippen molar-refractivity contribution in [2.24, 2.45) is 15.8 Å². The van der Waals surface area contributed by atoms with E-state index in [9.17, 15) is 0 Å². The largest absolute Gasteiger partial charge is 0.297 e. The van der Waals surface area contributed by atoms with E-state index in [0.717, 1.165) is 0 Å². The van der Waals surface area contributed by atoms with Crippen LogP contribution in [0.3, 0.4) is 0 Å². The number of hydrogen-bond acceptors (Lipinski definition) is 1. The van der Waals surface area contributed by atoms with E-state index in [1.165, 1.54) is 16.9 Å². The van der Waals surface area contributed by atoms with Crippen molar-refractivity contribution in [1.29, 1.82) is 0 Å². The standard InChI is InChI=1S/C14H27N/c1-10(13(4,5)6)11(2)14(7,8)12(3)15-9/h1-9H3. The summed E-state index contributed by atoms with van der Waals surface area (Å²) >= 11 is 0. The van der Waals surface area contributed by atoms with Gasteiger partial charge in [0.05, 0.1) is 0 Å². The van der Waals surface area contributed by atoms with E-state index in [1.807, 2.05) is 7.05 Å². The molecule has 0 atom stereocenters. The molecule has 0 heterocycles. The second-order valence-electron chi connectivity index (χ2n) is 5.93. The molecule has 1 heteroatoms.